The van der Waals surface area contributed by atoms with E-state index in [9.17, 15) is 19.5 Å². The number of hydrogen-bond acceptors (Lipinski definition) is 5. The van der Waals surface area contributed by atoms with Gasteiger partial charge in [-0.25, -0.2) is 4.79 Å². The molecule has 0 aliphatic heterocycles. The van der Waals surface area contributed by atoms with Crippen molar-refractivity contribution >= 4 is 18.0 Å². The van der Waals surface area contributed by atoms with Crippen LogP contribution in [-0.2, 0) is 14.3 Å². The minimum Gasteiger partial charge on any atom is -0.481 e. The molecule has 0 saturated heterocycles. The van der Waals surface area contributed by atoms with Crippen molar-refractivity contribution in [1.82, 2.24) is 15.5 Å². The number of amides is 2. The summed E-state index contributed by atoms with van der Waals surface area (Å²) in [6, 6.07) is 15.2. The maximum atomic E-state index is 13.0. The third-order valence-corrected chi connectivity index (χ3v) is 7.68. The fourth-order valence-corrected chi connectivity index (χ4v) is 5.91. The van der Waals surface area contributed by atoms with Crippen molar-refractivity contribution in [1.29, 1.82) is 0 Å². The number of likely N-dealkylation sites (N-methyl/N-ethyl adjacent to an activating group) is 1. The van der Waals surface area contributed by atoms with Crippen LogP contribution in [0.15, 0.2) is 48.5 Å². The van der Waals surface area contributed by atoms with E-state index in [0.717, 1.165) is 22.3 Å². The Kier molecular flexibility index (Phi) is 6.01. The standard InChI is InChI=1S/C27H31N3O5/c1-30(2)14-23(24(31)28-17-11-16-12-27(16,13-17)25(32)33)29-26(34)35-15-22-20-9-5-3-7-18(20)19-8-4-6-10-21(19)22/h3-10,16-17,22-23H,11-15H2,1-2H3,(H,28,31)(H,29,34)(H,32,33)/t16-,17+,23-,27+/m0/s1. The van der Waals surface area contributed by atoms with Gasteiger partial charge in [0.25, 0.3) is 0 Å². The lowest BCUT2D eigenvalue weighted by Gasteiger charge is -2.24. The van der Waals surface area contributed by atoms with Crippen LogP contribution in [0.3, 0.4) is 0 Å². The molecule has 0 unspecified atom stereocenters. The summed E-state index contributed by atoms with van der Waals surface area (Å²) in [6.07, 6.45) is 1.15. The Morgan fingerprint density at radius 3 is 2.26 bits per heavy atom. The molecule has 2 aromatic rings. The summed E-state index contributed by atoms with van der Waals surface area (Å²) in [5.41, 5.74) is 3.87. The van der Waals surface area contributed by atoms with Crippen molar-refractivity contribution < 1.29 is 24.2 Å². The molecule has 3 aliphatic rings. The van der Waals surface area contributed by atoms with Crippen LogP contribution in [0.25, 0.3) is 11.1 Å². The molecule has 4 atom stereocenters. The molecule has 0 radical (unpaired) electrons. The number of aliphatic carboxylic acids is 1. The van der Waals surface area contributed by atoms with E-state index in [4.69, 9.17) is 4.74 Å². The highest BCUT2D eigenvalue weighted by molar-refractivity contribution is 5.87. The van der Waals surface area contributed by atoms with Crippen LogP contribution >= 0.6 is 0 Å². The zero-order valence-corrected chi connectivity index (χ0v) is 20.0. The number of carbonyl (C=O) groups excluding carboxylic acids is 2. The van der Waals surface area contributed by atoms with E-state index in [1.165, 1.54) is 0 Å². The lowest BCUT2D eigenvalue weighted by molar-refractivity contribution is -0.143. The van der Waals surface area contributed by atoms with Gasteiger partial charge in [0.05, 0.1) is 5.41 Å². The summed E-state index contributed by atoms with van der Waals surface area (Å²) in [5.74, 6) is -1.03. The monoisotopic (exact) mass is 477 g/mol. The molecule has 8 heteroatoms. The molecule has 2 amide bonds. The summed E-state index contributed by atoms with van der Waals surface area (Å²) in [5, 5.41) is 15.2. The molecular formula is C27H31N3O5. The van der Waals surface area contributed by atoms with Crippen molar-refractivity contribution in [2.75, 3.05) is 27.2 Å². The zero-order chi connectivity index (χ0) is 24.7. The Balaban J connectivity index is 1.20. The quantitative estimate of drug-likeness (QED) is 0.540. The largest absolute Gasteiger partial charge is 0.481 e. The number of rotatable bonds is 8. The highest BCUT2D eigenvalue weighted by atomic mass is 16.5. The molecule has 2 saturated carbocycles. The molecule has 5 rings (SSSR count). The minimum atomic E-state index is -0.807. The molecule has 8 nitrogen and oxygen atoms in total. The van der Waals surface area contributed by atoms with Gasteiger partial charge in [-0.2, -0.15) is 0 Å². The fraction of sp³-hybridized carbons (Fsp3) is 0.444. The second-order valence-corrected chi connectivity index (χ2v) is 10.3. The van der Waals surface area contributed by atoms with Gasteiger partial charge in [-0.05, 0) is 61.5 Å². The van der Waals surface area contributed by atoms with Crippen LogP contribution in [0.5, 0.6) is 0 Å². The summed E-state index contributed by atoms with van der Waals surface area (Å²) in [4.78, 5) is 39.1. The third-order valence-electron chi connectivity index (χ3n) is 7.68. The van der Waals surface area contributed by atoms with Crippen LogP contribution in [-0.4, -0.2) is 67.3 Å². The number of ether oxygens (including phenoxy) is 1. The highest BCUT2D eigenvalue weighted by Gasteiger charge is 2.65. The lowest BCUT2D eigenvalue weighted by Crippen LogP contribution is -2.53. The van der Waals surface area contributed by atoms with E-state index in [0.29, 0.717) is 25.8 Å². The number of carboxylic acids is 1. The molecule has 0 aromatic heterocycles. The zero-order valence-electron chi connectivity index (χ0n) is 20.0. The first-order chi connectivity index (χ1) is 16.8. The second kappa shape index (κ2) is 9.00. The van der Waals surface area contributed by atoms with Crippen LogP contribution in [0.2, 0.25) is 0 Å². The van der Waals surface area contributed by atoms with Crippen LogP contribution in [0, 0.1) is 11.3 Å². The maximum Gasteiger partial charge on any atom is 0.407 e. The van der Waals surface area contributed by atoms with E-state index in [1.54, 1.807) is 0 Å². The second-order valence-electron chi connectivity index (χ2n) is 10.3. The van der Waals surface area contributed by atoms with Gasteiger partial charge < -0.3 is 25.4 Å². The third kappa shape index (κ3) is 4.38. The van der Waals surface area contributed by atoms with Gasteiger partial charge >= 0.3 is 12.1 Å². The molecule has 0 heterocycles. The number of nitrogens with one attached hydrogen (secondary N) is 2. The van der Waals surface area contributed by atoms with Gasteiger partial charge in [-0.3, -0.25) is 9.59 Å². The predicted molar refractivity (Wildman–Crippen MR) is 130 cm³/mol. The van der Waals surface area contributed by atoms with Gasteiger partial charge in [-0.1, -0.05) is 48.5 Å². The molecule has 2 aromatic carbocycles. The fourth-order valence-electron chi connectivity index (χ4n) is 5.91. The van der Waals surface area contributed by atoms with Crippen LogP contribution in [0.1, 0.15) is 36.3 Å². The van der Waals surface area contributed by atoms with Crippen molar-refractivity contribution in [3.63, 3.8) is 0 Å². The number of alkyl carbamates (subject to hydrolysis) is 1. The van der Waals surface area contributed by atoms with Gasteiger partial charge in [0.1, 0.15) is 12.6 Å². The summed E-state index contributed by atoms with van der Waals surface area (Å²) in [7, 11) is 3.65. The molecule has 0 bridgehead atoms. The van der Waals surface area contributed by atoms with Gasteiger partial charge in [-0.15, -0.1) is 0 Å². The number of hydrogen-bond donors (Lipinski definition) is 3. The molecule has 3 aliphatic carbocycles. The van der Waals surface area contributed by atoms with E-state index < -0.39 is 23.5 Å². The van der Waals surface area contributed by atoms with E-state index in [-0.39, 0.29) is 30.4 Å². The molecular weight excluding hydrogens is 446 g/mol. The van der Waals surface area contributed by atoms with E-state index >= 15 is 0 Å². The maximum absolute atomic E-state index is 13.0. The Labute approximate surface area is 204 Å². The Bertz CT molecular complexity index is 1120. The van der Waals surface area contributed by atoms with E-state index in [2.05, 4.69) is 34.9 Å². The normalized spacial score (nSPS) is 24.8. The molecule has 35 heavy (non-hydrogen) atoms. The molecule has 3 N–H and O–H groups in total. The average molecular weight is 478 g/mol. The SMILES string of the molecule is CN(C)C[C@H](NC(=O)OCC1c2ccccc2-c2ccccc21)C(=O)N[C@@H]1C[C@H]2C[C@@]2(C(=O)O)C1. The van der Waals surface area contributed by atoms with Crippen LogP contribution in [0.4, 0.5) is 4.79 Å². The first-order valence-corrected chi connectivity index (χ1v) is 12.1. The van der Waals surface area contributed by atoms with Gasteiger partial charge in [0.2, 0.25) is 5.91 Å². The summed E-state index contributed by atoms with van der Waals surface area (Å²) in [6.45, 7) is 0.470. The Morgan fingerprint density at radius 1 is 1.06 bits per heavy atom. The number of benzene rings is 2. The Morgan fingerprint density at radius 2 is 1.69 bits per heavy atom. The first kappa shape index (κ1) is 23.4. The Hall–Kier alpha value is -3.39. The van der Waals surface area contributed by atoms with Crippen molar-refractivity contribution in [2.24, 2.45) is 11.3 Å². The van der Waals surface area contributed by atoms with Gasteiger partial charge in [0, 0.05) is 18.5 Å². The van der Waals surface area contributed by atoms with Crippen molar-refractivity contribution in [3.8, 4) is 11.1 Å². The van der Waals surface area contributed by atoms with E-state index in [1.807, 2.05) is 43.3 Å². The number of fused-ring (bicyclic) bond motifs is 4. The molecule has 0 spiro atoms. The topological polar surface area (TPSA) is 108 Å². The molecule has 184 valence electrons. The summed E-state index contributed by atoms with van der Waals surface area (Å²) >= 11 is 0. The minimum absolute atomic E-state index is 0.0632. The number of carboxylic acid groups (broad SMARTS) is 1. The highest BCUT2D eigenvalue weighted by Crippen LogP contribution is 2.63. The average Bonchev–Trinajstić information content (AvgIpc) is 3.26. The van der Waals surface area contributed by atoms with Gasteiger partial charge in [0.15, 0.2) is 0 Å². The lowest BCUT2D eigenvalue weighted by atomic mass is 9.98. The summed E-state index contributed by atoms with van der Waals surface area (Å²) < 4.78 is 5.62. The number of nitrogens with zero attached hydrogens (tertiary/aromatic N) is 1. The predicted octanol–water partition coefficient (Wildman–Crippen LogP) is 2.82. The molecule has 2 fully saturated rings. The van der Waals surface area contributed by atoms with Crippen LogP contribution < -0.4 is 10.6 Å². The first-order valence-electron chi connectivity index (χ1n) is 12.1. The smallest absolute Gasteiger partial charge is 0.407 e. The van der Waals surface area contributed by atoms with Crippen molar-refractivity contribution in [2.45, 2.75) is 37.3 Å². The van der Waals surface area contributed by atoms with Crippen molar-refractivity contribution in [3.05, 3.63) is 59.7 Å². The number of carbonyl (C=O) groups is 3.